The lowest BCUT2D eigenvalue weighted by Gasteiger charge is -2.38. The number of ether oxygens (including phenoxy) is 1. The van der Waals surface area contributed by atoms with Crippen molar-refractivity contribution in [3.05, 3.63) is 48.0 Å². The van der Waals surface area contributed by atoms with Crippen LogP contribution in [0.4, 0.5) is 9.18 Å². The summed E-state index contributed by atoms with van der Waals surface area (Å²) in [5.41, 5.74) is 1.08. The minimum atomic E-state index is -0.361. The molecule has 27 heavy (non-hydrogen) atoms. The molecule has 0 bridgehead atoms. The van der Waals surface area contributed by atoms with Gasteiger partial charge in [-0.05, 0) is 43.9 Å². The molecule has 1 aromatic heterocycles. The van der Waals surface area contributed by atoms with Crippen LogP contribution in [-0.4, -0.2) is 24.3 Å². The smallest absolute Gasteiger partial charge is 0.315 e. The highest BCUT2D eigenvalue weighted by Crippen LogP contribution is 2.39. The lowest BCUT2D eigenvalue weighted by atomic mass is 9.89. The Hall–Kier alpha value is -2.34. The second kappa shape index (κ2) is 7.72. The number of hydrogen-bond donors (Lipinski definition) is 2. The molecule has 1 saturated carbocycles. The summed E-state index contributed by atoms with van der Waals surface area (Å²) in [7, 11) is 0. The maximum Gasteiger partial charge on any atom is 0.315 e. The molecule has 4 rings (SSSR count). The number of furan rings is 1. The van der Waals surface area contributed by atoms with Crippen molar-refractivity contribution in [3.8, 4) is 11.3 Å². The van der Waals surface area contributed by atoms with E-state index < -0.39 is 0 Å². The number of hydrogen-bond acceptors (Lipinski definition) is 3. The highest BCUT2D eigenvalue weighted by Gasteiger charge is 2.40. The minimum Gasteiger partial charge on any atom is -0.464 e. The lowest BCUT2D eigenvalue weighted by Crippen LogP contribution is -2.49. The lowest BCUT2D eigenvalue weighted by molar-refractivity contribution is -0.0820. The first-order chi connectivity index (χ1) is 13.1. The van der Waals surface area contributed by atoms with Crippen LogP contribution in [0.1, 0.15) is 44.1 Å². The summed E-state index contributed by atoms with van der Waals surface area (Å²) in [5.74, 6) is 0.256. The van der Waals surface area contributed by atoms with Gasteiger partial charge in [-0.15, -0.1) is 0 Å². The van der Waals surface area contributed by atoms with Crippen LogP contribution < -0.4 is 10.6 Å². The Morgan fingerprint density at radius 1 is 1.26 bits per heavy atom. The van der Waals surface area contributed by atoms with Gasteiger partial charge in [0.25, 0.3) is 0 Å². The number of urea groups is 1. The Kier molecular flexibility index (Phi) is 5.16. The maximum absolute atomic E-state index is 14.3. The zero-order chi connectivity index (χ0) is 18.7. The zero-order valence-corrected chi connectivity index (χ0v) is 15.3. The van der Waals surface area contributed by atoms with Gasteiger partial charge in [0, 0.05) is 30.3 Å². The van der Waals surface area contributed by atoms with E-state index in [1.165, 1.54) is 18.9 Å². The van der Waals surface area contributed by atoms with E-state index in [1.807, 2.05) is 0 Å². The van der Waals surface area contributed by atoms with Gasteiger partial charge in [0.1, 0.15) is 11.6 Å². The van der Waals surface area contributed by atoms with Gasteiger partial charge in [0.2, 0.25) is 0 Å². The monoisotopic (exact) mass is 372 g/mol. The van der Waals surface area contributed by atoms with Crippen molar-refractivity contribution in [2.75, 3.05) is 6.61 Å². The van der Waals surface area contributed by atoms with Crippen LogP contribution in [0.15, 0.2) is 41.0 Å². The molecule has 6 heteroatoms. The third-order valence-electron chi connectivity index (χ3n) is 5.64. The van der Waals surface area contributed by atoms with Crippen molar-refractivity contribution in [1.29, 1.82) is 0 Å². The van der Waals surface area contributed by atoms with E-state index >= 15 is 0 Å². The van der Waals surface area contributed by atoms with E-state index in [1.54, 1.807) is 30.5 Å². The third kappa shape index (κ3) is 4.16. The average molecular weight is 372 g/mol. The topological polar surface area (TPSA) is 63.5 Å². The standard InChI is InChI=1S/C21H25FN2O3/c22-18-12-15(19-4-3-10-26-19)5-6-16(18)14-23-20(25)24-17-7-11-27-21(13-17)8-1-2-9-21/h3-6,10,12,17H,1-2,7-9,11,13-14H2,(H2,23,24,25). The van der Waals surface area contributed by atoms with Crippen molar-refractivity contribution < 1.29 is 18.3 Å². The van der Waals surface area contributed by atoms with Crippen LogP contribution in [0.3, 0.4) is 0 Å². The molecule has 144 valence electrons. The van der Waals surface area contributed by atoms with Gasteiger partial charge in [0.15, 0.2) is 0 Å². The molecular weight excluding hydrogens is 347 g/mol. The van der Waals surface area contributed by atoms with Crippen LogP contribution in [0.5, 0.6) is 0 Å². The summed E-state index contributed by atoms with van der Waals surface area (Å²) >= 11 is 0. The number of carbonyl (C=O) groups excluding carboxylic acids is 1. The summed E-state index contributed by atoms with van der Waals surface area (Å²) in [6.45, 7) is 0.832. The molecule has 1 aromatic carbocycles. The van der Waals surface area contributed by atoms with Crippen molar-refractivity contribution in [1.82, 2.24) is 10.6 Å². The SMILES string of the molecule is O=C(NCc1ccc(-c2ccco2)cc1F)NC1CCOC2(CCCC2)C1. The molecular formula is C21H25FN2O3. The highest BCUT2D eigenvalue weighted by molar-refractivity contribution is 5.74. The largest absolute Gasteiger partial charge is 0.464 e. The first-order valence-electron chi connectivity index (χ1n) is 9.64. The minimum absolute atomic E-state index is 0.0377. The van der Waals surface area contributed by atoms with Gasteiger partial charge >= 0.3 is 6.03 Å². The Bertz CT molecular complexity index is 785. The van der Waals surface area contributed by atoms with Crippen LogP contribution in [0, 0.1) is 5.82 Å². The molecule has 1 spiro atoms. The Balaban J connectivity index is 1.30. The van der Waals surface area contributed by atoms with Gasteiger partial charge in [-0.3, -0.25) is 0 Å². The van der Waals surface area contributed by atoms with Gasteiger partial charge in [-0.25, -0.2) is 9.18 Å². The Labute approximate surface area is 158 Å². The predicted molar refractivity (Wildman–Crippen MR) is 99.6 cm³/mol. The normalized spacial score (nSPS) is 21.3. The predicted octanol–water partition coefficient (Wildman–Crippen LogP) is 4.38. The number of benzene rings is 1. The quantitative estimate of drug-likeness (QED) is 0.837. The summed E-state index contributed by atoms with van der Waals surface area (Å²) in [4.78, 5) is 12.3. The van der Waals surface area contributed by atoms with Crippen molar-refractivity contribution in [3.63, 3.8) is 0 Å². The molecule has 2 heterocycles. The first kappa shape index (κ1) is 18.0. The number of rotatable bonds is 4. The molecule has 2 fully saturated rings. The summed E-state index contributed by atoms with van der Waals surface area (Å²) in [6.07, 6.45) is 7.81. The van der Waals surface area contributed by atoms with E-state index in [0.29, 0.717) is 23.5 Å². The molecule has 2 aromatic rings. The summed E-state index contributed by atoms with van der Waals surface area (Å²) in [5, 5.41) is 5.79. The molecule has 1 saturated heterocycles. The number of amides is 2. The number of carbonyl (C=O) groups is 1. The fraction of sp³-hybridized carbons (Fsp3) is 0.476. The zero-order valence-electron chi connectivity index (χ0n) is 15.3. The Morgan fingerprint density at radius 3 is 2.85 bits per heavy atom. The molecule has 1 aliphatic heterocycles. The average Bonchev–Trinajstić information content (AvgIpc) is 3.33. The van der Waals surface area contributed by atoms with Crippen molar-refractivity contribution >= 4 is 6.03 Å². The van der Waals surface area contributed by atoms with Crippen molar-refractivity contribution in [2.24, 2.45) is 0 Å². The van der Waals surface area contributed by atoms with Crippen LogP contribution in [-0.2, 0) is 11.3 Å². The van der Waals surface area contributed by atoms with Crippen molar-refractivity contribution in [2.45, 2.75) is 56.7 Å². The second-order valence-electron chi connectivity index (χ2n) is 7.54. The van der Waals surface area contributed by atoms with Gasteiger partial charge in [0.05, 0.1) is 11.9 Å². The Morgan fingerprint density at radius 2 is 2.11 bits per heavy atom. The van der Waals surface area contributed by atoms with Crippen LogP contribution in [0.25, 0.3) is 11.3 Å². The van der Waals surface area contributed by atoms with E-state index in [-0.39, 0.29) is 30.0 Å². The number of nitrogens with one attached hydrogen (secondary N) is 2. The molecule has 1 unspecified atom stereocenters. The fourth-order valence-electron chi connectivity index (χ4n) is 4.22. The molecule has 5 nitrogen and oxygen atoms in total. The third-order valence-corrected chi connectivity index (χ3v) is 5.64. The molecule has 2 amide bonds. The molecule has 1 atom stereocenters. The van der Waals surface area contributed by atoms with Gasteiger partial charge < -0.3 is 19.8 Å². The van der Waals surface area contributed by atoms with E-state index in [4.69, 9.17) is 9.15 Å². The highest BCUT2D eigenvalue weighted by atomic mass is 19.1. The van der Waals surface area contributed by atoms with E-state index in [0.717, 1.165) is 25.7 Å². The van der Waals surface area contributed by atoms with Crippen LogP contribution in [0.2, 0.25) is 0 Å². The molecule has 2 aliphatic rings. The van der Waals surface area contributed by atoms with Gasteiger partial charge in [-0.2, -0.15) is 0 Å². The fourth-order valence-corrected chi connectivity index (χ4v) is 4.22. The van der Waals surface area contributed by atoms with E-state index in [9.17, 15) is 9.18 Å². The van der Waals surface area contributed by atoms with Gasteiger partial charge in [-0.1, -0.05) is 25.0 Å². The van der Waals surface area contributed by atoms with E-state index in [2.05, 4.69) is 10.6 Å². The second-order valence-corrected chi connectivity index (χ2v) is 7.54. The first-order valence-corrected chi connectivity index (χ1v) is 9.64. The maximum atomic E-state index is 14.3. The molecule has 2 N–H and O–H groups in total. The van der Waals surface area contributed by atoms with Crippen LogP contribution >= 0.6 is 0 Å². The number of halogens is 1. The summed E-state index contributed by atoms with van der Waals surface area (Å²) in [6, 6.07) is 8.29. The summed E-state index contributed by atoms with van der Waals surface area (Å²) < 4.78 is 25.6. The molecule has 0 radical (unpaired) electrons. The molecule has 1 aliphatic carbocycles.